The number of allylic oxidation sites excluding steroid dienone is 1. The van der Waals surface area contributed by atoms with Crippen molar-refractivity contribution in [1.82, 2.24) is 9.80 Å². The van der Waals surface area contributed by atoms with E-state index in [1.165, 1.54) is 66.1 Å². The summed E-state index contributed by atoms with van der Waals surface area (Å²) < 4.78 is 0. The minimum Gasteiger partial charge on any atom is -0.343 e. The summed E-state index contributed by atoms with van der Waals surface area (Å²) in [6, 6.07) is 24.2. The van der Waals surface area contributed by atoms with E-state index in [0.717, 1.165) is 41.5 Å². The van der Waals surface area contributed by atoms with Gasteiger partial charge in [-0.25, -0.2) is 4.99 Å². The van der Waals surface area contributed by atoms with E-state index in [1.807, 2.05) is 0 Å². The lowest BCUT2D eigenvalue weighted by molar-refractivity contribution is 0.155. The van der Waals surface area contributed by atoms with Crippen LogP contribution in [0.1, 0.15) is 46.6 Å². The van der Waals surface area contributed by atoms with Crippen molar-refractivity contribution in [2.24, 2.45) is 16.8 Å². The van der Waals surface area contributed by atoms with E-state index in [2.05, 4.69) is 88.9 Å². The van der Waals surface area contributed by atoms with Crippen LogP contribution in [-0.4, -0.2) is 55.4 Å². The highest BCUT2D eigenvalue weighted by atomic mass is 35.5. The van der Waals surface area contributed by atoms with Gasteiger partial charge in [-0.3, -0.25) is 0 Å². The number of rotatable bonds is 6. The first kappa shape index (κ1) is 26.3. The summed E-state index contributed by atoms with van der Waals surface area (Å²) in [7, 11) is 2.21. The number of nitrogens with one attached hydrogen (secondary N) is 1. The van der Waals surface area contributed by atoms with Gasteiger partial charge in [0, 0.05) is 66.7 Å². The van der Waals surface area contributed by atoms with Gasteiger partial charge in [0.1, 0.15) is 5.84 Å². The Morgan fingerprint density at radius 1 is 0.950 bits per heavy atom. The second-order valence-electron chi connectivity index (χ2n) is 11.9. The molecule has 2 aliphatic heterocycles. The SMILES string of the molecule is CN1CCN(CCc2ccc(NC3=NC4=C(CC(c5ccc(CCl)c(Cl)c5)c5ccccc54)C4CC34)cc2)CC1. The Labute approximate surface area is 247 Å². The first-order chi connectivity index (χ1) is 19.6. The molecule has 3 atom stereocenters. The number of fused-ring (bicyclic) bond motifs is 4. The summed E-state index contributed by atoms with van der Waals surface area (Å²) in [6.45, 7) is 5.83. The van der Waals surface area contributed by atoms with Crippen molar-refractivity contribution in [2.45, 2.75) is 31.1 Å². The number of hydrogen-bond acceptors (Lipinski definition) is 4. The molecule has 2 aliphatic carbocycles. The molecule has 4 aliphatic rings. The molecule has 1 N–H and O–H groups in total. The number of likely N-dealkylation sites (N-methyl/N-ethyl adjacent to an activating group) is 1. The van der Waals surface area contributed by atoms with Crippen LogP contribution in [-0.2, 0) is 12.3 Å². The Bertz CT molecular complexity index is 1470. The van der Waals surface area contributed by atoms with E-state index in [4.69, 9.17) is 28.2 Å². The van der Waals surface area contributed by atoms with Crippen molar-refractivity contribution >= 4 is 40.4 Å². The Morgan fingerprint density at radius 3 is 2.52 bits per heavy atom. The first-order valence-corrected chi connectivity index (χ1v) is 15.5. The number of piperazine rings is 1. The van der Waals surface area contributed by atoms with E-state index < -0.39 is 0 Å². The number of benzene rings is 3. The van der Waals surface area contributed by atoms with Crippen molar-refractivity contribution in [3.05, 3.63) is 105 Å². The summed E-state index contributed by atoms with van der Waals surface area (Å²) >= 11 is 12.7. The van der Waals surface area contributed by atoms with Crippen molar-refractivity contribution in [2.75, 3.05) is 45.1 Å². The molecule has 2 heterocycles. The number of aliphatic imine (C=N–C) groups is 1. The lowest BCUT2D eigenvalue weighted by atomic mass is 9.75. The molecule has 3 aromatic rings. The molecule has 0 bridgehead atoms. The monoisotopic (exact) mass is 570 g/mol. The summed E-state index contributed by atoms with van der Waals surface area (Å²) in [5.41, 5.74) is 10.1. The van der Waals surface area contributed by atoms with Gasteiger partial charge in [-0.05, 0) is 78.3 Å². The molecule has 4 nitrogen and oxygen atoms in total. The van der Waals surface area contributed by atoms with Crippen LogP contribution < -0.4 is 5.32 Å². The van der Waals surface area contributed by atoms with Gasteiger partial charge in [-0.1, -0.05) is 60.1 Å². The quantitative estimate of drug-likeness (QED) is 0.316. The molecule has 0 spiro atoms. The highest BCUT2D eigenvalue weighted by Gasteiger charge is 2.49. The fourth-order valence-electron chi connectivity index (χ4n) is 6.73. The number of halogens is 2. The topological polar surface area (TPSA) is 30.9 Å². The zero-order valence-electron chi connectivity index (χ0n) is 23.0. The highest BCUT2D eigenvalue weighted by molar-refractivity contribution is 6.32. The van der Waals surface area contributed by atoms with Crippen LogP contribution >= 0.6 is 23.2 Å². The number of alkyl halides is 1. The third kappa shape index (κ3) is 5.12. The van der Waals surface area contributed by atoms with Crippen LogP contribution in [0.3, 0.4) is 0 Å². The van der Waals surface area contributed by atoms with E-state index in [9.17, 15) is 0 Å². The second kappa shape index (κ2) is 11.0. The van der Waals surface area contributed by atoms with Crippen LogP contribution in [0.15, 0.2) is 77.3 Å². The first-order valence-electron chi connectivity index (χ1n) is 14.6. The minimum absolute atomic E-state index is 0.293. The predicted molar refractivity (Wildman–Crippen MR) is 168 cm³/mol. The molecular weight excluding hydrogens is 535 g/mol. The molecule has 206 valence electrons. The predicted octanol–water partition coefficient (Wildman–Crippen LogP) is 7.28. The summed E-state index contributed by atoms with van der Waals surface area (Å²) in [5.74, 6) is 2.91. The van der Waals surface area contributed by atoms with Gasteiger partial charge < -0.3 is 15.1 Å². The fourth-order valence-corrected chi connectivity index (χ4v) is 7.29. The largest absolute Gasteiger partial charge is 0.343 e. The van der Waals surface area contributed by atoms with E-state index >= 15 is 0 Å². The molecule has 40 heavy (non-hydrogen) atoms. The van der Waals surface area contributed by atoms with Crippen LogP contribution in [0.5, 0.6) is 0 Å². The third-order valence-corrected chi connectivity index (χ3v) is 9.94. The van der Waals surface area contributed by atoms with Crippen molar-refractivity contribution in [3.63, 3.8) is 0 Å². The molecule has 1 saturated carbocycles. The van der Waals surface area contributed by atoms with Crippen LogP contribution in [0, 0.1) is 11.8 Å². The Kier molecular flexibility index (Phi) is 7.21. The van der Waals surface area contributed by atoms with Gasteiger partial charge >= 0.3 is 0 Å². The summed E-state index contributed by atoms with van der Waals surface area (Å²) in [6.07, 6.45) is 3.28. The summed E-state index contributed by atoms with van der Waals surface area (Å²) in [5, 5.41) is 4.46. The standard InChI is InChI=1S/C34H36Cl2N4/c1-39-14-16-40(17-15-39)13-12-22-6-10-25(11-7-22)37-34-31-20-29(31)30-19-28(23-8-9-24(21-35)32(36)18-23)26-4-2-3-5-27(26)33(30)38-34/h2-11,18,28-29,31H,12-17,19-21H2,1H3,(H,37,38). The van der Waals surface area contributed by atoms with Crippen molar-refractivity contribution in [3.8, 4) is 0 Å². The molecule has 1 saturated heterocycles. The maximum absolute atomic E-state index is 6.58. The highest BCUT2D eigenvalue weighted by Crippen LogP contribution is 2.57. The van der Waals surface area contributed by atoms with Crippen molar-refractivity contribution < 1.29 is 0 Å². The smallest absolute Gasteiger partial charge is 0.110 e. The average molecular weight is 572 g/mol. The van der Waals surface area contributed by atoms with Crippen LogP contribution in [0.25, 0.3) is 5.70 Å². The Balaban J connectivity index is 1.09. The zero-order chi connectivity index (χ0) is 27.2. The number of anilines is 1. The normalized spacial score (nSPS) is 24.2. The Hall–Kier alpha value is -2.63. The van der Waals surface area contributed by atoms with Gasteiger partial charge in [-0.15, -0.1) is 11.6 Å². The average Bonchev–Trinajstić information content (AvgIpc) is 3.79. The molecule has 7 rings (SSSR count). The van der Waals surface area contributed by atoms with Gasteiger partial charge in [0.05, 0.1) is 5.70 Å². The molecular formula is C34H36Cl2N4. The second-order valence-corrected chi connectivity index (χ2v) is 12.5. The van der Waals surface area contributed by atoms with Gasteiger partial charge in [0.15, 0.2) is 0 Å². The lowest BCUT2D eigenvalue weighted by Gasteiger charge is -2.32. The fraction of sp³-hybridized carbons (Fsp3) is 0.382. The number of nitrogens with zero attached hydrogens (tertiary/aromatic N) is 3. The van der Waals surface area contributed by atoms with Crippen LogP contribution in [0.2, 0.25) is 5.02 Å². The molecule has 0 radical (unpaired) electrons. The Morgan fingerprint density at radius 2 is 1.75 bits per heavy atom. The number of hydrogen-bond donors (Lipinski definition) is 1. The zero-order valence-corrected chi connectivity index (χ0v) is 24.6. The van der Waals surface area contributed by atoms with Gasteiger partial charge in [0.25, 0.3) is 0 Å². The van der Waals surface area contributed by atoms with Crippen molar-refractivity contribution in [1.29, 1.82) is 0 Å². The van der Waals surface area contributed by atoms with E-state index in [1.54, 1.807) is 0 Å². The molecule has 6 heteroatoms. The molecule has 3 unspecified atom stereocenters. The van der Waals surface area contributed by atoms with Gasteiger partial charge in [-0.2, -0.15) is 0 Å². The molecule has 3 aromatic carbocycles. The molecule has 0 amide bonds. The lowest BCUT2D eigenvalue weighted by Crippen LogP contribution is -2.45. The third-order valence-electron chi connectivity index (χ3n) is 9.30. The van der Waals surface area contributed by atoms with Crippen LogP contribution in [0.4, 0.5) is 5.69 Å². The van der Waals surface area contributed by atoms with Gasteiger partial charge in [0.2, 0.25) is 0 Å². The molecule has 0 aromatic heterocycles. The van der Waals surface area contributed by atoms with E-state index in [-0.39, 0.29) is 0 Å². The molecule has 2 fully saturated rings. The maximum Gasteiger partial charge on any atom is 0.110 e. The maximum atomic E-state index is 6.58. The number of amidine groups is 1. The summed E-state index contributed by atoms with van der Waals surface area (Å²) in [4.78, 5) is 10.3. The minimum atomic E-state index is 0.293. The van der Waals surface area contributed by atoms with E-state index in [0.29, 0.717) is 23.6 Å².